The lowest BCUT2D eigenvalue weighted by Crippen LogP contribution is -2.55. The van der Waals surface area contributed by atoms with Crippen LogP contribution in [0.2, 0.25) is 0 Å². The molecule has 0 spiro atoms. The normalized spacial score (nSPS) is 24.4. The van der Waals surface area contributed by atoms with Crippen LogP contribution in [0.4, 0.5) is 5.69 Å². The van der Waals surface area contributed by atoms with Crippen LogP contribution in [0.5, 0.6) is 0 Å². The second-order valence-corrected chi connectivity index (χ2v) is 5.22. The number of hydrogen-bond acceptors (Lipinski definition) is 2. The van der Waals surface area contributed by atoms with Gasteiger partial charge in [0.25, 0.3) is 0 Å². The quantitative estimate of drug-likeness (QED) is 0.827. The van der Waals surface area contributed by atoms with E-state index in [2.05, 4.69) is 49.1 Å². The second kappa shape index (κ2) is 4.46. The lowest BCUT2D eigenvalue weighted by atomic mass is 9.79. The van der Waals surface area contributed by atoms with Gasteiger partial charge in [-0.3, -0.25) is 0 Å². The summed E-state index contributed by atoms with van der Waals surface area (Å²) in [5.41, 5.74) is 7.39. The van der Waals surface area contributed by atoms with Gasteiger partial charge in [0, 0.05) is 17.8 Å². The Bertz CT molecular complexity index is 332. The standard InChI is InChI=1S/C14H22N2/c1-14(2)12(11-15)7-6-10-16(14)13-8-4-3-5-9-13/h3-5,8-9,12H,6-7,10-11,15H2,1-2H3. The molecule has 1 aromatic rings. The van der Waals surface area contributed by atoms with Crippen LogP contribution in [0, 0.1) is 5.92 Å². The molecule has 1 fully saturated rings. The molecule has 1 aromatic carbocycles. The van der Waals surface area contributed by atoms with Gasteiger partial charge in [-0.05, 0) is 51.3 Å². The molecule has 1 saturated heterocycles. The molecule has 0 bridgehead atoms. The van der Waals surface area contributed by atoms with Gasteiger partial charge < -0.3 is 10.6 Å². The maximum absolute atomic E-state index is 5.89. The Kier molecular flexibility index (Phi) is 3.20. The highest BCUT2D eigenvalue weighted by atomic mass is 15.2. The molecule has 1 heterocycles. The Hall–Kier alpha value is -1.02. The van der Waals surface area contributed by atoms with Crippen molar-refractivity contribution in [2.45, 2.75) is 32.2 Å². The second-order valence-electron chi connectivity index (χ2n) is 5.22. The molecule has 0 saturated carbocycles. The maximum Gasteiger partial charge on any atom is 0.0386 e. The van der Waals surface area contributed by atoms with E-state index in [1.165, 1.54) is 18.5 Å². The molecule has 1 unspecified atom stereocenters. The summed E-state index contributed by atoms with van der Waals surface area (Å²) in [4.78, 5) is 2.51. The summed E-state index contributed by atoms with van der Waals surface area (Å²) >= 11 is 0. The van der Waals surface area contributed by atoms with Gasteiger partial charge in [-0.1, -0.05) is 18.2 Å². The minimum absolute atomic E-state index is 0.175. The lowest BCUT2D eigenvalue weighted by Gasteiger charge is -2.49. The van der Waals surface area contributed by atoms with Gasteiger partial charge in [0.1, 0.15) is 0 Å². The van der Waals surface area contributed by atoms with Crippen molar-refractivity contribution in [3.05, 3.63) is 30.3 Å². The van der Waals surface area contributed by atoms with Crippen LogP contribution < -0.4 is 10.6 Å². The van der Waals surface area contributed by atoms with Crippen LogP contribution in [-0.4, -0.2) is 18.6 Å². The van der Waals surface area contributed by atoms with Crippen molar-refractivity contribution >= 4 is 5.69 Å². The first-order chi connectivity index (χ1) is 7.66. The fourth-order valence-corrected chi connectivity index (χ4v) is 2.83. The van der Waals surface area contributed by atoms with Crippen molar-refractivity contribution in [1.29, 1.82) is 0 Å². The Labute approximate surface area is 98.4 Å². The number of anilines is 1. The number of rotatable bonds is 2. The van der Waals surface area contributed by atoms with Crippen molar-refractivity contribution < 1.29 is 0 Å². The van der Waals surface area contributed by atoms with Crippen molar-refractivity contribution in [3.63, 3.8) is 0 Å². The molecule has 1 aliphatic heterocycles. The van der Waals surface area contributed by atoms with Gasteiger partial charge in [-0.2, -0.15) is 0 Å². The SMILES string of the molecule is CC1(C)C(CN)CCCN1c1ccccc1. The molecule has 1 aliphatic rings. The summed E-state index contributed by atoms with van der Waals surface area (Å²) in [5, 5.41) is 0. The zero-order chi connectivity index (χ0) is 11.6. The largest absolute Gasteiger partial charge is 0.366 e. The van der Waals surface area contributed by atoms with E-state index < -0.39 is 0 Å². The van der Waals surface area contributed by atoms with Gasteiger partial charge in [-0.15, -0.1) is 0 Å². The molecule has 88 valence electrons. The van der Waals surface area contributed by atoms with Gasteiger partial charge in [-0.25, -0.2) is 0 Å². The third-order valence-corrected chi connectivity index (χ3v) is 3.98. The Morgan fingerprint density at radius 1 is 1.31 bits per heavy atom. The summed E-state index contributed by atoms with van der Waals surface area (Å²) in [7, 11) is 0. The summed E-state index contributed by atoms with van der Waals surface area (Å²) in [5.74, 6) is 0.599. The maximum atomic E-state index is 5.89. The summed E-state index contributed by atoms with van der Waals surface area (Å²) < 4.78 is 0. The number of nitrogens with two attached hydrogens (primary N) is 1. The van der Waals surface area contributed by atoms with Crippen LogP contribution in [0.1, 0.15) is 26.7 Å². The molecule has 0 aliphatic carbocycles. The first kappa shape index (κ1) is 11.5. The number of nitrogens with zero attached hydrogens (tertiary/aromatic N) is 1. The Morgan fingerprint density at radius 2 is 2.00 bits per heavy atom. The van der Waals surface area contributed by atoms with Gasteiger partial charge in [0.15, 0.2) is 0 Å². The van der Waals surface area contributed by atoms with Crippen LogP contribution in [0.25, 0.3) is 0 Å². The van der Waals surface area contributed by atoms with Crippen LogP contribution in [0.15, 0.2) is 30.3 Å². The Morgan fingerprint density at radius 3 is 2.62 bits per heavy atom. The van der Waals surface area contributed by atoms with E-state index in [0.717, 1.165) is 13.1 Å². The number of piperidine rings is 1. The third-order valence-electron chi connectivity index (χ3n) is 3.98. The monoisotopic (exact) mass is 218 g/mol. The smallest absolute Gasteiger partial charge is 0.0386 e. The lowest BCUT2D eigenvalue weighted by molar-refractivity contribution is 0.245. The van der Waals surface area contributed by atoms with Crippen molar-refractivity contribution in [1.82, 2.24) is 0 Å². The fraction of sp³-hybridized carbons (Fsp3) is 0.571. The molecular formula is C14H22N2. The summed E-state index contributed by atoms with van der Waals surface area (Å²) in [6, 6.07) is 10.7. The molecule has 16 heavy (non-hydrogen) atoms. The molecule has 2 N–H and O–H groups in total. The van der Waals surface area contributed by atoms with E-state index >= 15 is 0 Å². The highest BCUT2D eigenvalue weighted by Crippen LogP contribution is 2.36. The van der Waals surface area contributed by atoms with E-state index in [9.17, 15) is 0 Å². The molecule has 2 rings (SSSR count). The first-order valence-corrected chi connectivity index (χ1v) is 6.19. The van der Waals surface area contributed by atoms with E-state index in [0.29, 0.717) is 5.92 Å². The zero-order valence-electron chi connectivity index (χ0n) is 10.3. The molecule has 1 atom stereocenters. The molecule has 2 nitrogen and oxygen atoms in total. The predicted octanol–water partition coefficient (Wildman–Crippen LogP) is 2.64. The average molecular weight is 218 g/mol. The topological polar surface area (TPSA) is 29.3 Å². The number of para-hydroxylation sites is 1. The third kappa shape index (κ3) is 1.94. The number of benzene rings is 1. The minimum Gasteiger partial charge on any atom is -0.366 e. The zero-order valence-corrected chi connectivity index (χ0v) is 10.3. The highest BCUT2D eigenvalue weighted by molar-refractivity contribution is 5.49. The summed E-state index contributed by atoms with van der Waals surface area (Å²) in [6.45, 7) is 6.57. The van der Waals surface area contributed by atoms with E-state index in [4.69, 9.17) is 5.73 Å². The van der Waals surface area contributed by atoms with Crippen LogP contribution >= 0.6 is 0 Å². The number of hydrogen-bond donors (Lipinski definition) is 1. The van der Waals surface area contributed by atoms with Crippen LogP contribution in [0.3, 0.4) is 0 Å². The molecule has 0 aromatic heterocycles. The molecule has 0 radical (unpaired) electrons. The average Bonchev–Trinajstić information content (AvgIpc) is 2.29. The van der Waals surface area contributed by atoms with Gasteiger partial charge in [0.2, 0.25) is 0 Å². The van der Waals surface area contributed by atoms with Crippen LogP contribution in [-0.2, 0) is 0 Å². The molecular weight excluding hydrogens is 196 g/mol. The van der Waals surface area contributed by atoms with Crippen molar-refractivity contribution in [3.8, 4) is 0 Å². The van der Waals surface area contributed by atoms with Crippen molar-refractivity contribution in [2.75, 3.05) is 18.0 Å². The fourth-order valence-electron chi connectivity index (χ4n) is 2.83. The predicted molar refractivity (Wildman–Crippen MR) is 69.6 cm³/mol. The highest BCUT2D eigenvalue weighted by Gasteiger charge is 2.37. The van der Waals surface area contributed by atoms with E-state index in [1.807, 2.05) is 0 Å². The van der Waals surface area contributed by atoms with E-state index in [-0.39, 0.29) is 5.54 Å². The van der Waals surface area contributed by atoms with Crippen molar-refractivity contribution in [2.24, 2.45) is 11.7 Å². The summed E-state index contributed by atoms with van der Waals surface area (Å²) in [6.07, 6.45) is 2.51. The minimum atomic E-state index is 0.175. The first-order valence-electron chi connectivity index (χ1n) is 6.19. The Balaban J connectivity index is 2.27. The molecule has 0 amide bonds. The van der Waals surface area contributed by atoms with Gasteiger partial charge in [0.05, 0.1) is 0 Å². The van der Waals surface area contributed by atoms with E-state index in [1.54, 1.807) is 0 Å². The van der Waals surface area contributed by atoms with Gasteiger partial charge >= 0.3 is 0 Å². The molecule has 2 heteroatoms.